The molecule has 2 amide bonds. The molecule has 1 aliphatic rings. The van der Waals surface area contributed by atoms with Crippen LogP contribution in [0.4, 0.5) is 0 Å². The van der Waals surface area contributed by atoms with Crippen molar-refractivity contribution in [2.45, 2.75) is 6.92 Å². The molecule has 0 N–H and O–H groups in total. The number of carbonyl (C=O) groups excluding carboxylic acids is 3. The maximum Gasteiger partial charge on any atom is 0.259 e. The van der Waals surface area contributed by atoms with Crippen LogP contribution in [0, 0.1) is 6.92 Å². The summed E-state index contributed by atoms with van der Waals surface area (Å²) >= 11 is 0. The summed E-state index contributed by atoms with van der Waals surface area (Å²) in [6, 6.07) is 24.9. The number of hydrogen-bond donors (Lipinski definition) is 0. The molecule has 154 valence electrons. The molecule has 0 aliphatic carbocycles. The minimum absolute atomic E-state index is 0.244. The Hall–Kier alpha value is -3.99. The van der Waals surface area contributed by atoms with E-state index in [9.17, 15) is 14.4 Å². The zero-order valence-electron chi connectivity index (χ0n) is 17.2. The summed E-state index contributed by atoms with van der Waals surface area (Å²) in [6.45, 7) is 2.59. The van der Waals surface area contributed by atoms with Gasteiger partial charge in [-0.1, -0.05) is 66.2 Å². The van der Waals surface area contributed by atoms with Gasteiger partial charge < -0.3 is 0 Å². The Kier molecular flexibility index (Phi) is 5.76. The van der Waals surface area contributed by atoms with Crippen LogP contribution < -0.4 is 0 Å². The van der Waals surface area contributed by atoms with Gasteiger partial charge in [0.05, 0.1) is 0 Å². The fourth-order valence-electron chi connectivity index (χ4n) is 3.53. The Morgan fingerprint density at radius 2 is 1.10 bits per heavy atom. The van der Waals surface area contributed by atoms with Gasteiger partial charge in [0.1, 0.15) is 5.82 Å². The molecule has 0 saturated carbocycles. The third-order valence-corrected chi connectivity index (χ3v) is 5.23. The molecule has 0 aromatic heterocycles. The first kappa shape index (κ1) is 20.3. The SMILES string of the molecule is Cc1ccc(C(=O)C=C2N(C(=O)c3ccccc3)CCN2C(=O)c2ccccc2)cc1. The number of hydrogen-bond acceptors (Lipinski definition) is 3. The monoisotopic (exact) mass is 410 g/mol. The zero-order chi connectivity index (χ0) is 21.8. The molecule has 0 bridgehead atoms. The molecule has 0 radical (unpaired) electrons. The third-order valence-electron chi connectivity index (χ3n) is 5.23. The first-order valence-corrected chi connectivity index (χ1v) is 10.1. The largest absolute Gasteiger partial charge is 0.292 e. The minimum Gasteiger partial charge on any atom is -0.292 e. The average molecular weight is 410 g/mol. The summed E-state index contributed by atoms with van der Waals surface area (Å²) in [5.41, 5.74) is 2.56. The number of rotatable bonds is 4. The zero-order valence-corrected chi connectivity index (χ0v) is 17.2. The van der Waals surface area contributed by atoms with Crippen LogP contribution in [0.5, 0.6) is 0 Å². The lowest BCUT2D eigenvalue weighted by Gasteiger charge is -2.22. The highest BCUT2D eigenvalue weighted by Gasteiger charge is 2.34. The third kappa shape index (κ3) is 4.31. The van der Waals surface area contributed by atoms with Gasteiger partial charge in [-0.3, -0.25) is 24.2 Å². The fourth-order valence-corrected chi connectivity index (χ4v) is 3.53. The molecule has 3 aromatic rings. The molecule has 31 heavy (non-hydrogen) atoms. The average Bonchev–Trinajstić information content (AvgIpc) is 3.23. The summed E-state index contributed by atoms with van der Waals surface area (Å²) in [6.07, 6.45) is 1.39. The number of carbonyl (C=O) groups is 3. The van der Waals surface area contributed by atoms with Gasteiger partial charge in [0.2, 0.25) is 0 Å². The molecular weight excluding hydrogens is 388 g/mol. The van der Waals surface area contributed by atoms with E-state index in [0.29, 0.717) is 35.6 Å². The van der Waals surface area contributed by atoms with Crippen LogP contribution >= 0.6 is 0 Å². The maximum atomic E-state index is 13.2. The lowest BCUT2D eigenvalue weighted by atomic mass is 10.1. The van der Waals surface area contributed by atoms with E-state index in [2.05, 4.69) is 0 Å². The molecule has 4 rings (SSSR count). The maximum absolute atomic E-state index is 13.2. The molecule has 5 heteroatoms. The van der Waals surface area contributed by atoms with Crippen LogP contribution in [-0.4, -0.2) is 40.5 Å². The van der Waals surface area contributed by atoms with Gasteiger partial charge in [-0.25, -0.2) is 0 Å². The van der Waals surface area contributed by atoms with Crippen molar-refractivity contribution in [3.63, 3.8) is 0 Å². The summed E-state index contributed by atoms with van der Waals surface area (Å²) in [7, 11) is 0. The van der Waals surface area contributed by atoms with E-state index in [1.54, 1.807) is 60.7 Å². The number of amides is 2. The Morgan fingerprint density at radius 1 is 0.645 bits per heavy atom. The molecule has 3 aromatic carbocycles. The Labute approximate surface area is 181 Å². The first-order valence-electron chi connectivity index (χ1n) is 10.1. The van der Waals surface area contributed by atoms with E-state index in [1.807, 2.05) is 31.2 Å². The van der Waals surface area contributed by atoms with Crippen LogP contribution in [0.1, 0.15) is 36.6 Å². The molecule has 5 nitrogen and oxygen atoms in total. The second-order valence-corrected chi connectivity index (χ2v) is 7.38. The molecule has 1 heterocycles. The number of benzene rings is 3. The fraction of sp³-hybridized carbons (Fsp3) is 0.115. The van der Waals surface area contributed by atoms with Crippen molar-refractivity contribution in [3.05, 3.63) is 119 Å². The lowest BCUT2D eigenvalue weighted by Crippen LogP contribution is -2.32. The lowest BCUT2D eigenvalue weighted by molar-refractivity contribution is 0.0780. The van der Waals surface area contributed by atoms with Gasteiger partial charge in [0.25, 0.3) is 11.8 Å². The van der Waals surface area contributed by atoms with Crippen LogP contribution in [0.25, 0.3) is 0 Å². The number of nitrogens with zero attached hydrogens (tertiary/aromatic N) is 2. The summed E-state index contributed by atoms with van der Waals surface area (Å²) in [4.78, 5) is 42.3. The Balaban J connectivity index is 1.72. The van der Waals surface area contributed by atoms with Crippen molar-refractivity contribution < 1.29 is 14.4 Å². The molecule has 1 saturated heterocycles. The predicted molar refractivity (Wildman–Crippen MR) is 119 cm³/mol. The smallest absolute Gasteiger partial charge is 0.259 e. The van der Waals surface area contributed by atoms with Crippen LogP contribution in [-0.2, 0) is 0 Å². The van der Waals surface area contributed by atoms with Gasteiger partial charge in [0, 0.05) is 35.9 Å². The Bertz CT molecular complexity index is 1070. The van der Waals surface area contributed by atoms with Crippen molar-refractivity contribution >= 4 is 17.6 Å². The molecule has 1 fully saturated rings. The van der Waals surface area contributed by atoms with Gasteiger partial charge in [0.15, 0.2) is 5.78 Å². The van der Waals surface area contributed by atoms with Crippen molar-refractivity contribution in [2.24, 2.45) is 0 Å². The topological polar surface area (TPSA) is 57.7 Å². The normalized spacial score (nSPS) is 13.3. The van der Waals surface area contributed by atoms with E-state index in [0.717, 1.165) is 5.56 Å². The number of allylic oxidation sites excluding steroid dienone is 1. The van der Waals surface area contributed by atoms with Crippen LogP contribution in [0.3, 0.4) is 0 Å². The van der Waals surface area contributed by atoms with Crippen molar-refractivity contribution in [1.82, 2.24) is 9.80 Å². The highest BCUT2D eigenvalue weighted by molar-refractivity contribution is 6.07. The van der Waals surface area contributed by atoms with Crippen LogP contribution in [0.15, 0.2) is 96.8 Å². The molecule has 0 spiro atoms. The number of aryl methyl sites for hydroxylation is 1. The van der Waals surface area contributed by atoms with E-state index >= 15 is 0 Å². The summed E-state index contributed by atoms with van der Waals surface area (Å²) < 4.78 is 0. The first-order chi connectivity index (χ1) is 15.0. The van der Waals surface area contributed by atoms with Crippen molar-refractivity contribution in [1.29, 1.82) is 0 Å². The van der Waals surface area contributed by atoms with Crippen molar-refractivity contribution in [3.8, 4) is 0 Å². The minimum atomic E-state index is -0.256. The van der Waals surface area contributed by atoms with Crippen molar-refractivity contribution in [2.75, 3.05) is 13.1 Å². The molecular formula is C26H22N2O3. The Morgan fingerprint density at radius 3 is 1.55 bits per heavy atom. The van der Waals surface area contributed by atoms with Gasteiger partial charge in [-0.2, -0.15) is 0 Å². The standard InChI is InChI=1S/C26H22N2O3/c1-19-12-14-20(15-13-19)23(29)18-24-27(25(30)21-8-4-2-5-9-21)16-17-28(24)26(31)22-10-6-3-7-11-22/h2-15,18H,16-17H2,1H3. The predicted octanol–water partition coefficient (Wildman–Crippen LogP) is 4.32. The second kappa shape index (κ2) is 8.79. The summed E-state index contributed by atoms with van der Waals surface area (Å²) in [5.74, 6) is -0.444. The number of ketones is 1. The van der Waals surface area contributed by atoms with Crippen LogP contribution in [0.2, 0.25) is 0 Å². The quantitative estimate of drug-likeness (QED) is 0.476. The molecule has 1 aliphatic heterocycles. The van der Waals surface area contributed by atoms with Gasteiger partial charge in [-0.05, 0) is 31.2 Å². The molecule has 0 atom stereocenters. The van der Waals surface area contributed by atoms with E-state index in [1.165, 1.54) is 15.9 Å². The van der Waals surface area contributed by atoms with Gasteiger partial charge in [-0.15, -0.1) is 0 Å². The highest BCUT2D eigenvalue weighted by atomic mass is 16.2. The summed E-state index contributed by atoms with van der Waals surface area (Å²) in [5, 5.41) is 0. The molecule has 0 unspecified atom stereocenters. The van der Waals surface area contributed by atoms with E-state index in [4.69, 9.17) is 0 Å². The van der Waals surface area contributed by atoms with E-state index in [-0.39, 0.29) is 17.6 Å². The van der Waals surface area contributed by atoms with E-state index < -0.39 is 0 Å². The highest BCUT2D eigenvalue weighted by Crippen LogP contribution is 2.24. The van der Waals surface area contributed by atoms with Gasteiger partial charge >= 0.3 is 0 Å². The second-order valence-electron chi connectivity index (χ2n) is 7.38.